The Morgan fingerprint density at radius 3 is 2.67 bits per heavy atom. The van der Waals surface area contributed by atoms with Gasteiger partial charge in [0.15, 0.2) is 0 Å². The smallest absolute Gasteiger partial charge is 0.348 e. The van der Waals surface area contributed by atoms with Crippen LogP contribution in [-0.2, 0) is 0 Å². The lowest BCUT2D eigenvalue weighted by molar-refractivity contribution is 0.0703. The van der Waals surface area contributed by atoms with Crippen molar-refractivity contribution in [3.63, 3.8) is 0 Å². The molecule has 0 saturated carbocycles. The fraction of sp³-hybridized carbons (Fsp3) is 0.0667. The molecule has 3 aromatic rings. The lowest BCUT2D eigenvalue weighted by Gasteiger charge is -2.15. The molecule has 21 heavy (non-hydrogen) atoms. The summed E-state index contributed by atoms with van der Waals surface area (Å²) in [6.45, 7) is 0. The molecule has 0 aliphatic rings. The molecule has 1 N–H and O–H groups in total. The number of thiophene rings is 2. The van der Waals surface area contributed by atoms with Crippen LogP contribution in [0.1, 0.15) is 19.3 Å². The lowest BCUT2D eigenvalue weighted by Crippen LogP contribution is -2.26. The lowest BCUT2D eigenvalue weighted by atomic mass is 10.2. The van der Waals surface area contributed by atoms with Gasteiger partial charge in [-0.1, -0.05) is 18.2 Å². The fourth-order valence-corrected chi connectivity index (χ4v) is 3.89. The Balaban J connectivity index is 1.97. The number of amides is 1. The van der Waals surface area contributed by atoms with Gasteiger partial charge in [-0.15, -0.1) is 22.7 Å². The number of benzene rings is 1. The number of hydrogen-bond acceptors (Lipinski definition) is 4. The van der Waals surface area contributed by atoms with Crippen molar-refractivity contribution in [1.29, 1.82) is 0 Å². The topological polar surface area (TPSA) is 57.6 Å². The maximum atomic E-state index is 12.5. The molecule has 0 atom stereocenters. The molecule has 1 aromatic carbocycles. The Hall–Kier alpha value is -2.18. The van der Waals surface area contributed by atoms with E-state index in [0.29, 0.717) is 10.6 Å². The summed E-state index contributed by atoms with van der Waals surface area (Å²) in [6.07, 6.45) is 0. The molecule has 0 aliphatic carbocycles. The normalized spacial score (nSPS) is 10.7. The Morgan fingerprint density at radius 1 is 1.19 bits per heavy atom. The molecule has 0 fully saturated rings. The van der Waals surface area contributed by atoms with Crippen LogP contribution in [0, 0.1) is 0 Å². The van der Waals surface area contributed by atoms with Crippen LogP contribution in [0.25, 0.3) is 10.1 Å². The minimum atomic E-state index is -1.02. The summed E-state index contributed by atoms with van der Waals surface area (Å²) < 4.78 is 1.04. The Labute approximate surface area is 128 Å². The maximum absolute atomic E-state index is 12.5. The van der Waals surface area contributed by atoms with Crippen molar-refractivity contribution in [3.8, 4) is 0 Å². The Morgan fingerprint density at radius 2 is 1.95 bits per heavy atom. The molecule has 106 valence electrons. The van der Waals surface area contributed by atoms with E-state index in [4.69, 9.17) is 5.11 Å². The molecule has 0 aliphatic heterocycles. The first-order chi connectivity index (χ1) is 10.1. The van der Waals surface area contributed by atoms with Gasteiger partial charge in [0.25, 0.3) is 5.91 Å². The predicted molar refractivity (Wildman–Crippen MR) is 85.8 cm³/mol. The van der Waals surface area contributed by atoms with E-state index in [-0.39, 0.29) is 10.8 Å². The molecule has 2 aromatic heterocycles. The van der Waals surface area contributed by atoms with Crippen molar-refractivity contribution in [1.82, 2.24) is 0 Å². The van der Waals surface area contributed by atoms with Gasteiger partial charge < -0.3 is 10.0 Å². The average Bonchev–Trinajstić information content (AvgIpc) is 3.11. The van der Waals surface area contributed by atoms with Gasteiger partial charge in [0.05, 0.1) is 10.6 Å². The second-order valence-electron chi connectivity index (χ2n) is 4.45. The van der Waals surface area contributed by atoms with Crippen LogP contribution in [0.2, 0.25) is 0 Å². The first-order valence-electron chi connectivity index (χ1n) is 6.15. The first-order valence-corrected chi connectivity index (χ1v) is 7.85. The van der Waals surface area contributed by atoms with Crippen LogP contribution in [0.4, 0.5) is 5.69 Å². The number of hydrogen-bond donors (Lipinski definition) is 1. The van der Waals surface area contributed by atoms with Crippen molar-refractivity contribution in [2.24, 2.45) is 0 Å². The van der Waals surface area contributed by atoms with Crippen molar-refractivity contribution in [2.45, 2.75) is 0 Å². The third-order valence-corrected chi connectivity index (χ3v) is 5.14. The zero-order valence-electron chi connectivity index (χ0n) is 11.1. The molecular weight excluding hydrogens is 306 g/mol. The van der Waals surface area contributed by atoms with E-state index >= 15 is 0 Å². The van der Waals surface area contributed by atoms with E-state index in [0.717, 1.165) is 21.4 Å². The molecule has 0 unspecified atom stereocenters. The van der Waals surface area contributed by atoms with E-state index in [1.165, 1.54) is 16.2 Å². The van der Waals surface area contributed by atoms with Crippen LogP contribution in [0.15, 0.2) is 41.8 Å². The zero-order valence-corrected chi connectivity index (χ0v) is 12.7. The van der Waals surface area contributed by atoms with Crippen molar-refractivity contribution in [2.75, 3.05) is 11.9 Å². The number of carboxylic acid groups (broad SMARTS) is 1. The standard InChI is InChI=1S/C15H11NO3S2/c1-16(10-6-7-20-13(10)15(18)19)14(17)12-8-9-4-2-3-5-11(9)21-12/h2-8H,1H3,(H,18,19). The number of fused-ring (bicyclic) bond motifs is 1. The molecular formula is C15H11NO3S2. The molecule has 2 heterocycles. The van der Waals surface area contributed by atoms with Gasteiger partial charge in [0.2, 0.25) is 0 Å². The van der Waals surface area contributed by atoms with E-state index in [1.54, 1.807) is 18.5 Å². The van der Waals surface area contributed by atoms with Gasteiger partial charge >= 0.3 is 5.97 Å². The van der Waals surface area contributed by atoms with Crippen LogP contribution < -0.4 is 4.90 Å². The third-order valence-electron chi connectivity index (χ3n) is 3.14. The molecule has 0 bridgehead atoms. The van der Waals surface area contributed by atoms with E-state index in [1.807, 2.05) is 30.3 Å². The van der Waals surface area contributed by atoms with Crippen molar-refractivity contribution < 1.29 is 14.7 Å². The maximum Gasteiger partial charge on any atom is 0.348 e. The molecule has 0 radical (unpaired) electrons. The van der Waals surface area contributed by atoms with Crippen LogP contribution >= 0.6 is 22.7 Å². The highest BCUT2D eigenvalue weighted by Crippen LogP contribution is 2.30. The zero-order chi connectivity index (χ0) is 15.0. The summed E-state index contributed by atoms with van der Waals surface area (Å²) in [5.41, 5.74) is 0.426. The van der Waals surface area contributed by atoms with E-state index < -0.39 is 5.97 Å². The largest absolute Gasteiger partial charge is 0.477 e. The number of carboxylic acids is 1. The van der Waals surface area contributed by atoms with Crippen LogP contribution in [-0.4, -0.2) is 24.0 Å². The number of nitrogens with zero attached hydrogens (tertiary/aromatic N) is 1. The summed E-state index contributed by atoms with van der Waals surface area (Å²) in [5.74, 6) is -1.21. The first kappa shape index (κ1) is 13.8. The molecule has 6 heteroatoms. The predicted octanol–water partition coefficient (Wildman–Crippen LogP) is 3.94. The number of aromatic carboxylic acids is 1. The monoisotopic (exact) mass is 317 g/mol. The number of anilines is 1. The van der Waals surface area contributed by atoms with Crippen molar-refractivity contribution in [3.05, 3.63) is 51.5 Å². The highest BCUT2D eigenvalue weighted by Gasteiger charge is 2.22. The summed E-state index contributed by atoms with van der Waals surface area (Å²) in [5, 5.41) is 11.8. The SMILES string of the molecule is CN(C(=O)c1cc2ccccc2s1)c1ccsc1C(=O)O. The third kappa shape index (κ3) is 2.43. The molecule has 1 amide bonds. The number of rotatable bonds is 3. The van der Waals surface area contributed by atoms with Crippen molar-refractivity contribution >= 4 is 50.3 Å². The number of carbonyl (C=O) groups is 2. The second-order valence-corrected chi connectivity index (χ2v) is 6.45. The van der Waals surface area contributed by atoms with Crippen LogP contribution in [0.5, 0.6) is 0 Å². The van der Waals surface area contributed by atoms with Gasteiger partial charge in [-0.3, -0.25) is 4.79 Å². The summed E-state index contributed by atoms with van der Waals surface area (Å²) in [7, 11) is 1.60. The van der Waals surface area contributed by atoms with Gasteiger partial charge in [0, 0.05) is 11.7 Å². The highest BCUT2D eigenvalue weighted by molar-refractivity contribution is 7.21. The van der Waals surface area contributed by atoms with Gasteiger partial charge in [-0.25, -0.2) is 4.79 Å². The summed E-state index contributed by atoms with van der Waals surface area (Å²) in [4.78, 5) is 25.9. The quantitative estimate of drug-likeness (QED) is 0.796. The van der Waals surface area contributed by atoms with Gasteiger partial charge in [0.1, 0.15) is 4.88 Å². The Kier molecular flexibility index (Phi) is 3.48. The molecule has 0 spiro atoms. The average molecular weight is 317 g/mol. The molecule has 4 nitrogen and oxygen atoms in total. The van der Waals surface area contributed by atoms with Crippen LogP contribution in [0.3, 0.4) is 0 Å². The summed E-state index contributed by atoms with van der Waals surface area (Å²) >= 11 is 2.52. The minimum absolute atomic E-state index is 0.173. The highest BCUT2D eigenvalue weighted by atomic mass is 32.1. The Bertz CT molecular complexity index is 801. The van der Waals surface area contributed by atoms with E-state index in [2.05, 4.69) is 0 Å². The second kappa shape index (κ2) is 5.31. The van der Waals surface area contributed by atoms with Gasteiger partial charge in [-0.05, 0) is 29.0 Å². The van der Waals surface area contributed by atoms with Gasteiger partial charge in [-0.2, -0.15) is 0 Å². The summed E-state index contributed by atoms with van der Waals surface area (Å²) in [6, 6.07) is 11.3. The minimum Gasteiger partial charge on any atom is -0.477 e. The fourth-order valence-electron chi connectivity index (χ4n) is 2.09. The molecule has 0 saturated heterocycles. The number of carbonyl (C=O) groups excluding carboxylic acids is 1. The van der Waals surface area contributed by atoms with E-state index in [9.17, 15) is 9.59 Å². The molecule has 3 rings (SSSR count).